The second-order valence-electron chi connectivity index (χ2n) is 10.9. The van der Waals surface area contributed by atoms with Crippen LogP contribution in [0.1, 0.15) is 73.3 Å². The summed E-state index contributed by atoms with van der Waals surface area (Å²) < 4.78 is 26.0. The zero-order chi connectivity index (χ0) is 27.0. The molecule has 0 bridgehead atoms. The molecule has 0 saturated heterocycles. The predicted octanol–water partition coefficient (Wildman–Crippen LogP) is 3.72. The fraction of sp³-hybridized carbons (Fsp3) is 0.519. The Bertz CT molecular complexity index is 1460. The number of aromatic nitrogens is 5. The van der Waals surface area contributed by atoms with E-state index in [1.807, 2.05) is 6.07 Å². The monoisotopic (exact) mass is 551 g/mol. The van der Waals surface area contributed by atoms with Gasteiger partial charge < -0.3 is 15.7 Å². The van der Waals surface area contributed by atoms with Crippen LogP contribution in [-0.2, 0) is 10.0 Å². The fourth-order valence-corrected chi connectivity index (χ4v) is 6.70. The van der Waals surface area contributed by atoms with Crippen LogP contribution in [0.15, 0.2) is 30.7 Å². The molecule has 39 heavy (non-hydrogen) atoms. The maximum Gasteiger partial charge on any atom is 0.256 e. The van der Waals surface area contributed by atoms with Crippen molar-refractivity contribution in [2.75, 3.05) is 23.8 Å². The quantitative estimate of drug-likeness (QED) is 0.301. The lowest BCUT2D eigenvalue weighted by molar-refractivity contribution is 0.112. The van der Waals surface area contributed by atoms with E-state index >= 15 is 0 Å². The SMILES string of the molecule is O=Cc1c(NCC2CCC(CO)CC2)cc(Nc2ccnc(-c3cnn(S(=O)(=O)C4CC4)c3)n2)nc1C1CC1. The summed E-state index contributed by atoms with van der Waals surface area (Å²) in [5.41, 5.74) is 2.67. The van der Waals surface area contributed by atoms with E-state index in [0.29, 0.717) is 53.3 Å². The smallest absolute Gasteiger partial charge is 0.256 e. The number of carbonyl (C=O) groups is 1. The highest BCUT2D eigenvalue weighted by Gasteiger charge is 2.37. The average molecular weight is 552 g/mol. The largest absolute Gasteiger partial charge is 0.396 e. The van der Waals surface area contributed by atoms with E-state index in [0.717, 1.165) is 66.8 Å². The number of aliphatic hydroxyl groups excluding tert-OH is 1. The molecule has 3 fully saturated rings. The highest BCUT2D eigenvalue weighted by atomic mass is 32.2. The standard InChI is InChI=1S/C27H33N7O4S/c35-15-18-3-1-17(2-4-18)12-29-23-11-25(32-26(19-5-6-19)22(23)16-36)31-24-9-10-28-27(33-24)20-13-30-34(14-20)39(37,38)21-7-8-21/h9-11,13-14,16-19,21,35H,1-8,12,15H2,(H2,28,29,31,32,33). The molecule has 206 valence electrons. The van der Waals surface area contributed by atoms with E-state index in [1.165, 1.54) is 12.4 Å². The number of rotatable bonds is 11. The first-order chi connectivity index (χ1) is 18.9. The number of nitrogens with zero attached hydrogens (tertiary/aromatic N) is 5. The molecule has 0 radical (unpaired) electrons. The van der Waals surface area contributed by atoms with Crippen molar-refractivity contribution < 1.29 is 18.3 Å². The minimum Gasteiger partial charge on any atom is -0.396 e. The Hall–Kier alpha value is -3.38. The number of nitrogens with one attached hydrogen (secondary N) is 2. The number of hydrogen-bond acceptors (Lipinski definition) is 10. The van der Waals surface area contributed by atoms with Crippen molar-refractivity contribution in [3.63, 3.8) is 0 Å². The Balaban J connectivity index is 1.22. The van der Waals surface area contributed by atoms with E-state index in [2.05, 4.69) is 25.7 Å². The number of pyridine rings is 1. The van der Waals surface area contributed by atoms with Gasteiger partial charge in [0.2, 0.25) is 0 Å². The lowest BCUT2D eigenvalue weighted by Crippen LogP contribution is -2.23. The van der Waals surface area contributed by atoms with Crippen molar-refractivity contribution >= 4 is 33.6 Å². The molecule has 3 heterocycles. The number of aliphatic hydroxyl groups is 1. The number of aldehydes is 1. The third-order valence-electron chi connectivity index (χ3n) is 7.91. The van der Waals surface area contributed by atoms with Crippen LogP contribution in [0, 0.1) is 11.8 Å². The third kappa shape index (κ3) is 5.67. The Morgan fingerprint density at radius 2 is 1.79 bits per heavy atom. The second-order valence-corrected chi connectivity index (χ2v) is 13.0. The van der Waals surface area contributed by atoms with Crippen LogP contribution in [0.2, 0.25) is 0 Å². The minimum atomic E-state index is -3.47. The number of carbonyl (C=O) groups excluding carboxylic acids is 1. The highest BCUT2D eigenvalue weighted by molar-refractivity contribution is 7.90. The summed E-state index contributed by atoms with van der Waals surface area (Å²) >= 11 is 0. The zero-order valence-electron chi connectivity index (χ0n) is 21.7. The van der Waals surface area contributed by atoms with Gasteiger partial charge in [0, 0.05) is 31.3 Å². The molecule has 3 aliphatic carbocycles. The lowest BCUT2D eigenvalue weighted by Gasteiger charge is -2.28. The van der Waals surface area contributed by atoms with Crippen LogP contribution >= 0.6 is 0 Å². The zero-order valence-corrected chi connectivity index (χ0v) is 22.5. The van der Waals surface area contributed by atoms with Gasteiger partial charge in [-0.25, -0.2) is 23.4 Å². The number of anilines is 3. The van der Waals surface area contributed by atoms with Gasteiger partial charge in [0.1, 0.15) is 11.6 Å². The molecule has 0 unspecified atom stereocenters. The summed E-state index contributed by atoms with van der Waals surface area (Å²) in [6, 6.07) is 3.56. The van der Waals surface area contributed by atoms with E-state index in [-0.39, 0.29) is 17.8 Å². The molecule has 3 N–H and O–H groups in total. The van der Waals surface area contributed by atoms with Crippen LogP contribution in [0.5, 0.6) is 0 Å². The first kappa shape index (κ1) is 25.9. The summed E-state index contributed by atoms with van der Waals surface area (Å²) in [6.45, 7) is 1.02. The van der Waals surface area contributed by atoms with Gasteiger partial charge in [0.05, 0.1) is 40.2 Å². The maximum absolute atomic E-state index is 12.5. The van der Waals surface area contributed by atoms with Gasteiger partial charge >= 0.3 is 0 Å². The predicted molar refractivity (Wildman–Crippen MR) is 146 cm³/mol. The van der Waals surface area contributed by atoms with Gasteiger partial charge in [-0.2, -0.15) is 9.19 Å². The van der Waals surface area contributed by atoms with Gasteiger partial charge in [-0.15, -0.1) is 0 Å². The normalized spacial score (nSPS) is 21.5. The molecule has 3 aromatic heterocycles. The maximum atomic E-state index is 12.5. The average Bonchev–Trinajstić information content (AvgIpc) is 3.89. The summed E-state index contributed by atoms with van der Waals surface area (Å²) in [4.78, 5) is 25.8. The Morgan fingerprint density at radius 3 is 2.49 bits per heavy atom. The molecule has 0 aromatic carbocycles. The van der Waals surface area contributed by atoms with E-state index in [9.17, 15) is 18.3 Å². The van der Waals surface area contributed by atoms with Crippen molar-refractivity contribution in [3.8, 4) is 11.4 Å². The van der Waals surface area contributed by atoms with E-state index in [1.54, 1.807) is 12.3 Å². The van der Waals surface area contributed by atoms with E-state index < -0.39 is 10.0 Å². The lowest BCUT2D eigenvalue weighted by atomic mass is 9.82. The molecule has 3 saturated carbocycles. The van der Waals surface area contributed by atoms with Crippen LogP contribution in [-0.4, -0.2) is 62.3 Å². The van der Waals surface area contributed by atoms with Crippen molar-refractivity contribution in [3.05, 3.63) is 42.0 Å². The molecular weight excluding hydrogens is 518 g/mol. The molecule has 11 nitrogen and oxygen atoms in total. The Kier molecular flexibility index (Phi) is 7.06. The molecule has 3 aromatic rings. The van der Waals surface area contributed by atoms with Gasteiger partial charge in [0.15, 0.2) is 12.1 Å². The molecule has 0 aliphatic heterocycles. The number of hydrogen-bond donors (Lipinski definition) is 3. The van der Waals surface area contributed by atoms with Crippen molar-refractivity contribution in [2.24, 2.45) is 11.8 Å². The third-order valence-corrected chi connectivity index (χ3v) is 9.95. The van der Waals surface area contributed by atoms with Crippen LogP contribution in [0.25, 0.3) is 11.4 Å². The van der Waals surface area contributed by atoms with Gasteiger partial charge in [0.25, 0.3) is 10.0 Å². The molecule has 0 spiro atoms. The minimum absolute atomic E-state index is 0.256. The molecule has 3 aliphatic rings. The molecule has 0 atom stereocenters. The topological polar surface area (TPSA) is 152 Å². The first-order valence-electron chi connectivity index (χ1n) is 13.7. The van der Waals surface area contributed by atoms with Crippen LogP contribution < -0.4 is 10.6 Å². The molecule has 0 amide bonds. The van der Waals surface area contributed by atoms with Crippen molar-refractivity contribution in [2.45, 2.75) is 62.5 Å². The van der Waals surface area contributed by atoms with Crippen LogP contribution in [0.3, 0.4) is 0 Å². The molecule has 12 heteroatoms. The highest BCUT2D eigenvalue weighted by Crippen LogP contribution is 2.43. The summed E-state index contributed by atoms with van der Waals surface area (Å²) in [6.07, 6.45) is 12.9. The van der Waals surface area contributed by atoms with Crippen molar-refractivity contribution in [1.82, 2.24) is 24.1 Å². The van der Waals surface area contributed by atoms with Crippen molar-refractivity contribution in [1.29, 1.82) is 0 Å². The summed E-state index contributed by atoms with van der Waals surface area (Å²) in [5, 5.41) is 19.9. The summed E-state index contributed by atoms with van der Waals surface area (Å²) in [5.74, 6) is 2.59. The first-order valence-corrected chi connectivity index (χ1v) is 15.2. The van der Waals surface area contributed by atoms with Crippen LogP contribution in [0.4, 0.5) is 17.3 Å². The van der Waals surface area contributed by atoms with Gasteiger partial charge in [-0.3, -0.25) is 4.79 Å². The Morgan fingerprint density at radius 1 is 1.03 bits per heavy atom. The molecular formula is C27H33N7O4S. The van der Waals surface area contributed by atoms with Gasteiger partial charge in [-0.05, 0) is 69.3 Å². The fourth-order valence-electron chi connectivity index (χ4n) is 5.23. The Labute approximate surface area is 227 Å². The summed E-state index contributed by atoms with van der Waals surface area (Å²) in [7, 11) is -3.47. The molecule has 6 rings (SSSR count). The second kappa shape index (κ2) is 10.6. The van der Waals surface area contributed by atoms with Gasteiger partial charge in [-0.1, -0.05) is 0 Å². The van der Waals surface area contributed by atoms with E-state index in [4.69, 9.17) is 4.98 Å².